The van der Waals surface area contributed by atoms with Gasteiger partial charge in [-0.15, -0.1) is 0 Å². The van der Waals surface area contributed by atoms with Crippen LogP contribution in [0.15, 0.2) is 36.9 Å². The largest absolute Gasteiger partial charge is 0.344 e. The van der Waals surface area contributed by atoms with Crippen molar-refractivity contribution >= 4 is 5.57 Å². The molecule has 2 fully saturated rings. The normalized spacial score (nSPS) is 29.2. The lowest BCUT2D eigenvalue weighted by atomic mass is 9.90. The molecule has 3 nitrogen and oxygen atoms in total. The average molecular weight is 274 g/mol. The fourth-order valence-corrected chi connectivity index (χ4v) is 2.89. The second-order valence-corrected chi connectivity index (χ2v) is 6.00. The number of ether oxygens (including phenoxy) is 1. The molecule has 1 heterocycles. The zero-order valence-electron chi connectivity index (χ0n) is 12.1. The Kier molecular flexibility index (Phi) is 3.67. The van der Waals surface area contributed by atoms with E-state index in [4.69, 9.17) is 14.5 Å². The van der Waals surface area contributed by atoms with E-state index >= 15 is 0 Å². The van der Waals surface area contributed by atoms with E-state index in [1.54, 1.807) is 0 Å². The predicted octanol–water partition coefficient (Wildman–Crippen LogP) is 4.10. The quantitative estimate of drug-likeness (QED) is 0.760. The Morgan fingerprint density at radius 1 is 1.05 bits per heavy atom. The van der Waals surface area contributed by atoms with Gasteiger partial charge in [-0.25, -0.2) is 9.78 Å². The van der Waals surface area contributed by atoms with Crippen molar-refractivity contribution < 1.29 is 14.5 Å². The standard InChI is InChI=1S/C17H22O3/c1-14(15-9-5-3-6-10-15)16(2)13-18-17(20-19-16)11-7-4-8-12-17/h3,5-6,9-10H,1,4,7-8,11-13H2,2H3. The second kappa shape index (κ2) is 5.32. The molecule has 1 aromatic rings. The molecule has 1 saturated carbocycles. The first-order valence-corrected chi connectivity index (χ1v) is 7.39. The highest BCUT2D eigenvalue weighted by molar-refractivity contribution is 5.69. The van der Waals surface area contributed by atoms with Crippen LogP contribution in [0.25, 0.3) is 5.57 Å². The van der Waals surface area contributed by atoms with Crippen LogP contribution in [0.4, 0.5) is 0 Å². The Morgan fingerprint density at radius 2 is 1.75 bits per heavy atom. The van der Waals surface area contributed by atoms with Gasteiger partial charge < -0.3 is 4.74 Å². The first-order chi connectivity index (χ1) is 9.64. The maximum atomic E-state index is 6.06. The molecule has 1 saturated heterocycles. The minimum absolute atomic E-state index is 0.487. The van der Waals surface area contributed by atoms with E-state index in [9.17, 15) is 0 Å². The summed E-state index contributed by atoms with van der Waals surface area (Å²) in [6.07, 6.45) is 5.36. The molecule has 0 aromatic heterocycles. The first-order valence-electron chi connectivity index (χ1n) is 7.39. The minimum Gasteiger partial charge on any atom is -0.344 e. The molecule has 0 bridgehead atoms. The summed E-state index contributed by atoms with van der Waals surface area (Å²) in [7, 11) is 0. The van der Waals surface area contributed by atoms with Crippen LogP contribution in [0.2, 0.25) is 0 Å². The van der Waals surface area contributed by atoms with Crippen LogP contribution in [0, 0.1) is 0 Å². The van der Waals surface area contributed by atoms with E-state index in [0.717, 1.165) is 36.8 Å². The zero-order valence-corrected chi connectivity index (χ0v) is 12.1. The van der Waals surface area contributed by atoms with Crippen LogP contribution in [0.1, 0.15) is 44.6 Å². The molecule has 0 radical (unpaired) electrons. The molecule has 1 atom stereocenters. The van der Waals surface area contributed by atoms with Gasteiger partial charge in [-0.3, -0.25) is 0 Å². The van der Waals surface area contributed by atoms with E-state index in [1.165, 1.54) is 6.42 Å². The maximum Gasteiger partial charge on any atom is 0.201 e. The summed E-state index contributed by atoms with van der Waals surface area (Å²) >= 11 is 0. The van der Waals surface area contributed by atoms with Gasteiger partial charge in [0, 0.05) is 12.8 Å². The second-order valence-electron chi connectivity index (χ2n) is 6.00. The fraction of sp³-hybridized carbons (Fsp3) is 0.529. The zero-order chi connectivity index (χ0) is 14.1. The molecule has 0 amide bonds. The lowest BCUT2D eigenvalue weighted by Gasteiger charge is -2.45. The summed E-state index contributed by atoms with van der Waals surface area (Å²) in [5.74, 6) is -0.519. The van der Waals surface area contributed by atoms with Crippen molar-refractivity contribution in [2.24, 2.45) is 0 Å². The van der Waals surface area contributed by atoms with Crippen molar-refractivity contribution in [1.82, 2.24) is 0 Å². The van der Waals surface area contributed by atoms with Gasteiger partial charge in [0.15, 0.2) is 0 Å². The summed E-state index contributed by atoms with van der Waals surface area (Å²) < 4.78 is 6.06. The predicted molar refractivity (Wildman–Crippen MR) is 77.8 cm³/mol. The molecule has 3 rings (SSSR count). The summed E-state index contributed by atoms with van der Waals surface area (Å²) in [5, 5.41) is 0. The van der Waals surface area contributed by atoms with Gasteiger partial charge in [0.25, 0.3) is 0 Å². The Morgan fingerprint density at radius 3 is 2.35 bits per heavy atom. The van der Waals surface area contributed by atoms with Gasteiger partial charge in [-0.1, -0.05) is 43.3 Å². The third-order valence-electron chi connectivity index (χ3n) is 4.36. The molecular weight excluding hydrogens is 252 g/mol. The van der Waals surface area contributed by atoms with Crippen molar-refractivity contribution in [3.63, 3.8) is 0 Å². The van der Waals surface area contributed by atoms with Crippen LogP contribution in [-0.4, -0.2) is 18.0 Å². The molecule has 3 heteroatoms. The topological polar surface area (TPSA) is 27.7 Å². The van der Waals surface area contributed by atoms with Crippen LogP contribution in [-0.2, 0) is 14.5 Å². The molecule has 2 aliphatic rings. The monoisotopic (exact) mass is 274 g/mol. The van der Waals surface area contributed by atoms with Crippen molar-refractivity contribution in [2.45, 2.75) is 50.4 Å². The molecule has 1 aliphatic carbocycles. The first kappa shape index (κ1) is 13.8. The van der Waals surface area contributed by atoms with E-state index in [1.807, 2.05) is 37.3 Å². The summed E-state index contributed by atoms with van der Waals surface area (Å²) in [6.45, 7) is 6.63. The van der Waals surface area contributed by atoms with Crippen molar-refractivity contribution in [1.29, 1.82) is 0 Å². The Balaban J connectivity index is 1.71. The highest BCUT2D eigenvalue weighted by Crippen LogP contribution is 2.41. The Hall–Kier alpha value is -1.16. The van der Waals surface area contributed by atoms with Gasteiger partial charge in [-0.2, -0.15) is 0 Å². The molecule has 0 N–H and O–H groups in total. The van der Waals surface area contributed by atoms with Crippen molar-refractivity contribution in [2.75, 3.05) is 6.61 Å². The summed E-state index contributed by atoms with van der Waals surface area (Å²) in [5.41, 5.74) is 1.33. The maximum absolute atomic E-state index is 6.06. The van der Waals surface area contributed by atoms with E-state index in [2.05, 4.69) is 6.58 Å². The van der Waals surface area contributed by atoms with E-state index in [-0.39, 0.29) is 0 Å². The molecule has 1 aromatic carbocycles. The summed E-state index contributed by atoms with van der Waals surface area (Å²) in [4.78, 5) is 11.4. The van der Waals surface area contributed by atoms with E-state index in [0.29, 0.717) is 6.61 Å². The SMILES string of the molecule is C=C(c1ccccc1)C1(C)COC2(CCCCC2)OO1. The van der Waals surface area contributed by atoms with E-state index < -0.39 is 11.4 Å². The van der Waals surface area contributed by atoms with Crippen molar-refractivity contribution in [3.05, 3.63) is 42.5 Å². The molecule has 20 heavy (non-hydrogen) atoms. The van der Waals surface area contributed by atoms with Gasteiger partial charge in [0.2, 0.25) is 5.79 Å². The third-order valence-corrected chi connectivity index (χ3v) is 4.36. The molecular formula is C17H22O3. The lowest BCUT2D eigenvalue weighted by molar-refractivity contribution is -0.503. The van der Waals surface area contributed by atoms with Crippen molar-refractivity contribution in [3.8, 4) is 0 Å². The van der Waals surface area contributed by atoms with Crippen LogP contribution < -0.4 is 0 Å². The number of benzene rings is 1. The van der Waals surface area contributed by atoms with Crippen LogP contribution in [0.5, 0.6) is 0 Å². The van der Waals surface area contributed by atoms with Crippen LogP contribution >= 0.6 is 0 Å². The van der Waals surface area contributed by atoms with Gasteiger partial charge >= 0.3 is 0 Å². The third kappa shape index (κ3) is 2.53. The minimum atomic E-state index is -0.621. The Bertz CT molecular complexity index is 464. The van der Waals surface area contributed by atoms with Gasteiger partial charge in [0.1, 0.15) is 5.60 Å². The number of hydrogen-bond acceptors (Lipinski definition) is 3. The number of hydrogen-bond donors (Lipinski definition) is 0. The van der Waals surface area contributed by atoms with Crippen LogP contribution in [0.3, 0.4) is 0 Å². The number of rotatable bonds is 2. The molecule has 1 unspecified atom stereocenters. The van der Waals surface area contributed by atoms with Gasteiger partial charge in [-0.05, 0) is 30.9 Å². The fourth-order valence-electron chi connectivity index (χ4n) is 2.89. The molecule has 1 aliphatic heterocycles. The molecule has 1 spiro atoms. The van der Waals surface area contributed by atoms with Gasteiger partial charge in [0.05, 0.1) is 6.61 Å². The highest BCUT2D eigenvalue weighted by atomic mass is 17.2. The lowest BCUT2D eigenvalue weighted by Crippen LogP contribution is -2.51. The Labute approximate surface area is 120 Å². The average Bonchev–Trinajstić information content (AvgIpc) is 2.52. The molecule has 108 valence electrons. The summed E-state index contributed by atoms with van der Waals surface area (Å²) in [6, 6.07) is 10.0. The highest BCUT2D eigenvalue weighted by Gasteiger charge is 2.46. The smallest absolute Gasteiger partial charge is 0.201 e.